The van der Waals surface area contributed by atoms with Crippen LogP contribution in [-0.2, 0) is 6.18 Å². The van der Waals surface area contributed by atoms with Crippen molar-refractivity contribution in [3.8, 4) is 28.1 Å². The van der Waals surface area contributed by atoms with Crippen molar-refractivity contribution in [2.75, 3.05) is 0 Å². The maximum atomic E-state index is 13.4. The summed E-state index contributed by atoms with van der Waals surface area (Å²) in [6, 6.07) is 18.9. The summed E-state index contributed by atoms with van der Waals surface area (Å²) in [7, 11) is 0. The molecule has 0 aliphatic rings. The number of rotatable bonds is 4. The van der Waals surface area contributed by atoms with Gasteiger partial charge in [0.25, 0.3) is 0 Å². The van der Waals surface area contributed by atoms with Gasteiger partial charge in [0.05, 0.1) is 21.4 Å². The molecule has 0 aliphatic carbocycles. The second-order valence-corrected chi connectivity index (χ2v) is 7.70. The standard InChI is InChI=1S/C23H14Cl2F3N3O/c24-18-3-1-2-17(21(18)25)13-4-6-14(7-5-13)19-12-20(23(26,27)28)30-31(19)16-10-8-15(9-11-16)22(29)32/h1-12H,(H2,29,32). The molecule has 32 heavy (non-hydrogen) atoms. The highest BCUT2D eigenvalue weighted by Crippen LogP contribution is 2.36. The van der Waals surface area contributed by atoms with Gasteiger partial charge in [-0.15, -0.1) is 0 Å². The average Bonchev–Trinajstić information content (AvgIpc) is 3.22. The van der Waals surface area contributed by atoms with E-state index in [2.05, 4.69) is 5.10 Å². The van der Waals surface area contributed by atoms with Gasteiger partial charge in [-0.05, 0) is 42.0 Å². The highest BCUT2D eigenvalue weighted by molar-refractivity contribution is 6.43. The van der Waals surface area contributed by atoms with Crippen LogP contribution in [0.15, 0.2) is 72.8 Å². The highest BCUT2D eigenvalue weighted by Gasteiger charge is 2.35. The molecule has 0 saturated heterocycles. The molecule has 1 aromatic heterocycles. The molecule has 0 radical (unpaired) electrons. The lowest BCUT2D eigenvalue weighted by Crippen LogP contribution is -2.11. The van der Waals surface area contributed by atoms with E-state index in [1.807, 2.05) is 0 Å². The Morgan fingerprint density at radius 1 is 0.906 bits per heavy atom. The second-order valence-electron chi connectivity index (χ2n) is 6.91. The second kappa shape index (κ2) is 8.33. The summed E-state index contributed by atoms with van der Waals surface area (Å²) in [5.74, 6) is -0.636. The van der Waals surface area contributed by atoms with Crippen LogP contribution in [0.5, 0.6) is 0 Å². The normalized spacial score (nSPS) is 11.5. The molecule has 9 heteroatoms. The van der Waals surface area contributed by atoms with Gasteiger partial charge in [-0.1, -0.05) is 59.6 Å². The zero-order valence-electron chi connectivity index (χ0n) is 16.2. The molecule has 0 saturated carbocycles. The van der Waals surface area contributed by atoms with Crippen molar-refractivity contribution in [2.45, 2.75) is 6.18 Å². The molecule has 3 aromatic carbocycles. The van der Waals surface area contributed by atoms with Crippen LogP contribution in [0.2, 0.25) is 10.0 Å². The number of hydrogen-bond donors (Lipinski definition) is 1. The Morgan fingerprint density at radius 2 is 1.53 bits per heavy atom. The topological polar surface area (TPSA) is 60.9 Å². The Bertz CT molecular complexity index is 1300. The minimum atomic E-state index is -4.62. The molecule has 0 atom stereocenters. The van der Waals surface area contributed by atoms with Crippen molar-refractivity contribution in [3.63, 3.8) is 0 Å². The fourth-order valence-corrected chi connectivity index (χ4v) is 3.65. The van der Waals surface area contributed by atoms with Crippen LogP contribution < -0.4 is 5.73 Å². The average molecular weight is 476 g/mol. The molecule has 162 valence electrons. The molecule has 0 fully saturated rings. The number of carbonyl (C=O) groups is 1. The Morgan fingerprint density at radius 3 is 2.12 bits per heavy atom. The lowest BCUT2D eigenvalue weighted by molar-refractivity contribution is -0.141. The van der Waals surface area contributed by atoms with Crippen LogP contribution in [0.1, 0.15) is 16.1 Å². The molecular formula is C23H14Cl2F3N3O. The van der Waals surface area contributed by atoms with Gasteiger partial charge in [-0.25, -0.2) is 4.68 Å². The largest absolute Gasteiger partial charge is 0.435 e. The monoisotopic (exact) mass is 475 g/mol. The van der Waals surface area contributed by atoms with Gasteiger partial charge >= 0.3 is 6.18 Å². The minimum absolute atomic E-state index is 0.230. The van der Waals surface area contributed by atoms with Gasteiger partial charge in [-0.2, -0.15) is 18.3 Å². The van der Waals surface area contributed by atoms with Crippen molar-refractivity contribution in [1.82, 2.24) is 9.78 Å². The summed E-state index contributed by atoms with van der Waals surface area (Å²) in [6.45, 7) is 0. The summed E-state index contributed by atoms with van der Waals surface area (Å²) >= 11 is 12.4. The van der Waals surface area contributed by atoms with E-state index in [-0.39, 0.29) is 11.3 Å². The molecule has 4 aromatic rings. The number of nitrogens with zero attached hydrogens (tertiary/aromatic N) is 2. The lowest BCUT2D eigenvalue weighted by atomic mass is 10.0. The van der Waals surface area contributed by atoms with E-state index in [9.17, 15) is 18.0 Å². The number of primary amides is 1. The van der Waals surface area contributed by atoms with Crippen molar-refractivity contribution < 1.29 is 18.0 Å². The van der Waals surface area contributed by atoms with Crippen molar-refractivity contribution in [1.29, 1.82) is 0 Å². The van der Waals surface area contributed by atoms with E-state index in [1.54, 1.807) is 42.5 Å². The number of amides is 1. The van der Waals surface area contributed by atoms with E-state index in [0.29, 0.717) is 26.9 Å². The number of carbonyl (C=O) groups excluding carboxylic acids is 1. The summed E-state index contributed by atoms with van der Waals surface area (Å²) in [4.78, 5) is 11.3. The van der Waals surface area contributed by atoms with Crippen LogP contribution in [0.25, 0.3) is 28.1 Å². The smallest absolute Gasteiger partial charge is 0.366 e. The van der Waals surface area contributed by atoms with Crippen LogP contribution in [0.4, 0.5) is 13.2 Å². The Balaban J connectivity index is 1.79. The molecular weight excluding hydrogens is 462 g/mol. The number of benzene rings is 3. The maximum Gasteiger partial charge on any atom is 0.435 e. The Kier molecular flexibility index (Phi) is 5.71. The number of hydrogen-bond acceptors (Lipinski definition) is 2. The maximum absolute atomic E-state index is 13.4. The Hall–Kier alpha value is -3.29. The van der Waals surface area contributed by atoms with Gasteiger partial charge in [0.1, 0.15) is 0 Å². The molecule has 1 heterocycles. The van der Waals surface area contributed by atoms with Gasteiger partial charge in [0.15, 0.2) is 5.69 Å². The summed E-state index contributed by atoms with van der Waals surface area (Å²) in [5.41, 5.74) is 6.99. The van der Waals surface area contributed by atoms with Crippen LogP contribution in [-0.4, -0.2) is 15.7 Å². The van der Waals surface area contributed by atoms with E-state index in [0.717, 1.165) is 11.6 Å². The SMILES string of the molecule is NC(=O)c1ccc(-n2nc(C(F)(F)F)cc2-c2ccc(-c3cccc(Cl)c3Cl)cc2)cc1. The minimum Gasteiger partial charge on any atom is -0.366 e. The van der Waals surface area contributed by atoms with Gasteiger partial charge in [0.2, 0.25) is 5.91 Å². The lowest BCUT2D eigenvalue weighted by Gasteiger charge is -2.10. The fourth-order valence-electron chi connectivity index (χ4n) is 3.24. The molecule has 1 amide bonds. The predicted octanol–water partition coefficient (Wildman–Crippen LogP) is 6.63. The quantitative estimate of drug-likeness (QED) is 0.360. The van der Waals surface area contributed by atoms with Crippen molar-refractivity contribution in [2.24, 2.45) is 5.73 Å². The summed E-state index contributed by atoms with van der Waals surface area (Å²) < 4.78 is 41.3. The number of halogens is 5. The molecule has 4 rings (SSSR count). The van der Waals surface area contributed by atoms with Crippen LogP contribution in [0.3, 0.4) is 0 Å². The molecule has 0 aliphatic heterocycles. The zero-order chi connectivity index (χ0) is 23.0. The molecule has 0 bridgehead atoms. The first-order valence-corrected chi connectivity index (χ1v) is 10.0. The van der Waals surface area contributed by atoms with Crippen molar-refractivity contribution in [3.05, 3.63) is 94.1 Å². The third kappa shape index (κ3) is 4.22. The summed E-state index contributed by atoms with van der Waals surface area (Å²) in [6.07, 6.45) is -4.62. The third-order valence-corrected chi connectivity index (χ3v) is 5.66. The van der Waals surface area contributed by atoms with E-state index >= 15 is 0 Å². The first-order valence-electron chi connectivity index (χ1n) is 9.27. The molecule has 4 nitrogen and oxygen atoms in total. The molecule has 2 N–H and O–H groups in total. The first kappa shape index (κ1) is 21.9. The van der Waals surface area contributed by atoms with E-state index in [1.165, 1.54) is 28.9 Å². The number of alkyl halides is 3. The fraction of sp³-hybridized carbons (Fsp3) is 0.0435. The molecule has 0 unspecified atom stereocenters. The van der Waals surface area contributed by atoms with Gasteiger partial charge in [-0.3, -0.25) is 4.79 Å². The highest BCUT2D eigenvalue weighted by atomic mass is 35.5. The first-order chi connectivity index (χ1) is 15.1. The third-order valence-electron chi connectivity index (χ3n) is 4.84. The molecule has 0 spiro atoms. The predicted molar refractivity (Wildman–Crippen MR) is 118 cm³/mol. The van der Waals surface area contributed by atoms with E-state index < -0.39 is 17.8 Å². The van der Waals surface area contributed by atoms with Gasteiger partial charge in [0, 0.05) is 16.7 Å². The number of aromatic nitrogens is 2. The Labute approximate surface area is 191 Å². The zero-order valence-corrected chi connectivity index (χ0v) is 17.7. The van der Waals surface area contributed by atoms with Crippen molar-refractivity contribution >= 4 is 29.1 Å². The van der Waals surface area contributed by atoms with Crippen LogP contribution >= 0.6 is 23.2 Å². The van der Waals surface area contributed by atoms with Gasteiger partial charge < -0.3 is 5.73 Å². The van der Waals surface area contributed by atoms with E-state index in [4.69, 9.17) is 28.9 Å². The number of nitrogens with two attached hydrogens (primary N) is 1. The van der Waals surface area contributed by atoms with Crippen LogP contribution in [0, 0.1) is 0 Å². The summed E-state index contributed by atoms with van der Waals surface area (Å²) in [5, 5.41) is 4.54.